The molecule has 6 nitrogen and oxygen atoms in total. The van der Waals surface area contributed by atoms with Crippen molar-refractivity contribution in [3.63, 3.8) is 0 Å². The number of hydrogen-bond acceptors (Lipinski definition) is 7. The first kappa shape index (κ1) is 20.1. The van der Waals surface area contributed by atoms with Gasteiger partial charge in [0.05, 0.1) is 36.3 Å². The second kappa shape index (κ2) is 8.30. The molecule has 4 rings (SSSR count). The third-order valence-electron chi connectivity index (χ3n) is 4.78. The number of benzene rings is 1. The number of fused-ring (bicyclic) bond motifs is 2. The first-order valence-electron chi connectivity index (χ1n) is 9.16. The number of carbonyl (C=O) groups is 2. The highest BCUT2D eigenvalue weighted by Crippen LogP contribution is 2.42. The molecule has 1 fully saturated rings. The van der Waals surface area contributed by atoms with Gasteiger partial charge in [0.25, 0.3) is 5.79 Å². The minimum atomic E-state index is -1.51. The summed E-state index contributed by atoms with van der Waals surface area (Å²) in [6.45, 7) is 0.773. The van der Waals surface area contributed by atoms with Crippen LogP contribution < -0.4 is 5.32 Å². The molecule has 1 aromatic carbocycles. The third-order valence-corrected chi connectivity index (χ3v) is 6.40. The van der Waals surface area contributed by atoms with Crippen LogP contribution in [0, 0.1) is 5.82 Å². The first-order chi connectivity index (χ1) is 14.0. The third kappa shape index (κ3) is 4.24. The zero-order valence-electron chi connectivity index (χ0n) is 15.4. The molecule has 0 unspecified atom stereocenters. The van der Waals surface area contributed by atoms with Gasteiger partial charge >= 0.3 is 11.9 Å². The Hall–Kier alpha value is -2.16. The Morgan fingerprint density at radius 1 is 1.14 bits per heavy atom. The second-order valence-electron chi connectivity index (χ2n) is 6.79. The first-order valence-corrected chi connectivity index (χ1v) is 10.5. The number of carbonyl (C=O) groups excluding carboxylic acids is 2. The Morgan fingerprint density at radius 3 is 2.59 bits per heavy atom. The molecule has 2 aliphatic heterocycles. The van der Waals surface area contributed by atoms with Crippen molar-refractivity contribution in [3.8, 4) is 0 Å². The Kier molecular flexibility index (Phi) is 5.76. The molecule has 0 atom stereocenters. The summed E-state index contributed by atoms with van der Waals surface area (Å²) in [4.78, 5) is 29.2. The zero-order chi connectivity index (χ0) is 20.4. The highest BCUT2D eigenvalue weighted by molar-refractivity contribution is 7.98. The van der Waals surface area contributed by atoms with Gasteiger partial charge in [0.2, 0.25) is 0 Å². The van der Waals surface area contributed by atoms with E-state index in [9.17, 15) is 14.0 Å². The molecule has 2 aliphatic rings. The molecule has 29 heavy (non-hydrogen) atoms. The quantitative estimate of drug-likeness (QED) is 0.584. The summed E-state index contributed by atoms with van der Waals surface area (Å²) in [6.07, 6.45) is 1.76. The Balaban J connectivity index is 1.72. The van der Waals surface area contributed by atoms with Crippen molar-refractivity contribution in [3.05, 3.63) is 58.1 Å². The van der Waals surface area contributed by atoms with Gasteiger partial charge in [0, 0.05) is 16.2 Å². The van der Waals surface area contributed by atoms with Gasteiger partial charge in [0.1, 0.15) is 5.82 Å². The van der Waals surface area contributed by atoms with Gasteiger partial charge in [-0.25, -0.2) is 4.39 Å². The maximum Gasteiger partial charge on any atom is 0.309 e. The van der Waals surface area contributed by atoms with E-state index in [0.717, 1.165) is 10.5 Å². The van der Waals surface area contributed by atoms with E-state index in [0.29, 0.717) is 35.0 Å². The van der Waals surface area contributed by atoms with Crippen molar-refractivity contribution in [2.75, 3.05) is 13.1 Å². The van der Waals surface area contributed by atoms with Crippen molar-refractivity contribution in [2.45, 2.75) is 35.7 Å². The van der Waals surface area contributed by atoms with E-state index in [2.05, 4.69) is 10.3 Å². The van der Waals surface area contributed by atoms with Crippen LogP contribution in [0.1, 0.15) is 29.7 Å². The number of nitrogens with one attached hydrogen (secondary N) is 1. The van der Waals surface area contributed by atoms with Crippen LogP contribution in [-0.2, 0) is 37.0 Å². The van der Waals surface area contributed by atoms with Crippen LogP contribution in [0.25, 0.3) is 0 Å². The highest BCUT2D eigenvalue weighted by Gasteiger charge is 2.45. The molecule has 3 heterocycles. The lowest BCUT2D eigenvalue weighted by Crippen LogP contribution is -2.43. The number of thioether (sulfide) groups is 1. The SMILES string of the molecule is O=C1CCC(=O)OC2(CNCCc3c2ccc(Cl)c3SCc2ccc(F)cn2)O1. The van der Waals surface area contributed by atoms with Crippen LogP contribution in [0.15, 0.2) is 35.4 Å². The molecule has 1 N–H and O–H groups in total. The summed E-state index contributed by atoms with van der Waals surface area (Å²) in [5.41, 5.74) is 2.18. The fraction of sp³-hybridized carbons (Fsp3) is 0.350. The molecule has 0 saturated carbocycles. The largest absolute Gasteiger partial charge is 0.416 e. The summed E-state index contributed by atoms with van der Waals surface area (Å²) in [5.74, 6) is -2.38. The number of aromatic nitrogens is 1. The molecular formula is C20H18ClFN2O4S. The number of halogens is 2. The summed E-state index contributed by atoms with van der Waals surface area (Å²) >= 11 is 7.94. The minimum Gasteiger partial charge on any atom is -0.416 e. The van der Waals surface area contributed by atoms with Gasteiger partial charge in [-0.15, -0.1) is 11.8 Å². The standard InChI is InChI=1S/C20H18ClFN2O4S/c21-16-4-3-15-14(19(16)29-10-13-2-1-12(22)9-24-13)7-8-23-11-20(15)27-17(25)5-6-18(26)28-20/h1-4,9,23H,5-8,10-11H2. The zero-order valence-corrected chi connectivity index (χ0v) is 16.9. The van der Waals surface area contributed by atoms with Gasteiger partial charge in [-0.3, -0.25) is 14.6 Å². The lowest BCUT2D eigenvalue weighted by atomic mass is 9.98. The molecule has 2 aromatic rings. The Morgan fingerprint density at radius 2 is 1.90 bits per heavy atom. The van der Waals surface area contributed by atoms with Gasteiger partial charge in [-0.1, -0.05) is 11.6 Å². The van der Waals surface area contributed by atoms with Crippen LogP contribution in [0.2, 0.25) is 5.02 Å². The number of rotatable bonds is 3. The van der Waals surface area contributed by atoms with Crippen LogP contribution in [0.4, 0.5) is 4.39 Å². The predicted molar refractivity (Wildman–Crippen MR) is 105 cm³/mol. The number of nitrogens with zero attached hydrogens (tertiary/aromatic N) is 1. The summed E-state index contributed by atoms with van der Waals surface area (Å²) in [6, 6.07) is 6.44. The fourth-order valence-electron chi connectivity index (χ4n) is 3.44. The molecule has 1 spiro atoms. The van der Waals surface area contributed by atoms with E-state index >= 15 is 0 Å². The molecule has 0 aliphatic carbocycles. The molecule has 1 aromatic heterocycles. The number of ether oxygens (including phenoxy) is 2. The van der Waals surface area contributed by atoms with Crippen molar-refractivity contribution < 1.29 is 23.5 Å². The lowest BCUT2D eigenvalue weighted by Gasteiger charge is -2.32. The van der Waals surface area contributed by atoms with Gasteiger partial charge in [-0.2, -0.15) is 0 Å². The number of pyridine rings is 1. The van der Waals surface area contributed by atoms with Crippen LogP contribution in [0.5, 0.6) is 0 Å². The van der Waals surface area contributed by atoms with Crippen LogP contribution in [0.3, 0.4) is 0 Å². The number of esters is 2. The molecule has 0 radical (unpaired) electrons. The normalized spacial score (nSPS) is 18.4. The average molecular weight is 437 g/mol. The van der Waals surface area contributed by atoms with E-state index in [4.69, 9.17) is 21.1 Å². The monoisotopic (exact) mass is 436 g/mol. The maximum atomic E-state index is 13.1. The summed E-state index contributed by atoms with van der Waals surface area (Å²) in [5, 5.41) is 3.73. The average Bonchev–Trinajstić information content (AvgIpc) is 2.95. The second-order valence-corrected chi connectivity index (χ2v) is 8.18. The van der Waals surface area contributed by atoms with E-state index < -0.39 is 23.5 Å². The van der Waals surface area contributed by atoms with Crippen LogP contribution in [-0.4, -0.2) is 30.0 Å². The van der Waals surface area contributed by atoms with Gasteiger partial charge < -0.3 is 14.8 Å². The minimum absolute atomic E-state index is 0.0125. The lowest BCUT2D eigenvalue weighted by molar-refractivity contribution is -0.225. The topological polar surface area (TPSA) is 77.5 Å². The summed E-state index contributed by atoms with van der Waals surface area (Å²) < 4.78 is 24.4. The van der Waals surface area contributed by atoms with Crippen molar-refractivity contribution in [2.24, 2.45) is 0 Å². The van der Waals surface area contributed by atoms with E-state index in [1.807, 2.05) is 0 Å². The van der Waals surface area contributed by atoms with E-state index in [1.165, 1.54) is 24.0 Å². The molecule has 0 amide bonds. The summed E-state index contributed by atoms with van der Waals surface area (Å²) in [7, 11) is 0. The fourth-order valence-corrected chi connectivity index (χ4v) is 4.83. The van der Waals surface area contributed by atoms with Crippen molar-refractivity contribution in [1.29, 1.82) is 0 Å². The van der Waals surface area contributed by atoms with Gasteiger partial charge in [0.15, 0.2) is 0 Å². The molecule has 1 saturated heterocycles. The predicted octanol–water partition coefficient (Wildman–Crippen LogP) is 3.35. The van der Waals surface area contributed by atoms with Crippen molar-refractivity contribution >= 4 is 35.3 Å². The Bertz CT molecular complexity index is 936. The van der Waals surface area contributed by atoms with E-state index in [1.54, 1.807) is 18.2 Å². The van der Waals surface area contributed by atoms with Crippen LogP contribution >= 0.6 is 23.4 Å². The highest BCUT2D eigenvalue weighted by atomic mass is 35.5. The van der Waals surface area contributed by atoms with Gasteiger partial charge in [-0.05, 0) is 42.8 Å². The van der Waals surface area contributed by atoms with E-state index in [-0.39, 0.29) is 19.4 Å². The van der Waals surface area contributed by atoms with Crippen molar-refractivity contribution in [1.82, 2.24) is 10.3 Å². The molecule has 9 heteroatoms. The Labute approximate surface area is 176 Å². The molecule has 0 bridgehead atoms. The maximum absolute atomic E-state index is 13.1. The number of hydrogen-bond donors (Lipinski definition) is 1. The smallest absolute Gasteiger partial charge is 0.309 e. The molecule has 152 valence electrons. The molecular weight excluding hydrogens is 419 g/mol.